The van der Waals surface area contributed by atoms with Crippen LogP contribution >= 0.6 is 0 Å². The van der Waals surface area contributed by atoms with Crippen LogP contribution in [-0.4, -0.2) is 0 Å². The molecule has 0 aromatic carbocycles. The average molecular weight is 332 g/mol. The Balaban J connectivity index is 0. The molecule has 0 rings (SSSR count). The van der Waals surface area contributed by atoms with Gasteiger partial charge < -0.3 is 40.5 Å². The van der Waals surface area contributed by atoms with Crippen molar-refractivity contribution in [2.45, 2.75) is 0 Å². The zero-order valence-corrected chi connectivity index (χ0v) is 9.73. The minimum absolute atomic E-state index is 0. The Labute approximate surface area is 101 Å². The van der Waals surface area contributed by atoms with Crippen molar-refractivity contribution in [2.75, 3.05) is 0 Å². The minimum atomic E-state index is 0. The summed E-state index contributed by atoms with van der Waals surface area (Å²) in [5, 5.41) is 0. The molecule has 34 valence electrons. The molecule has 0 radical (unpaired) electrons. The Morgan fingerprint density at radius 2 is 0.600 bits per heavy atom. The van der Waals surface area contributed by atoms with Crippen molar-refractivity contribution in [3.63, 3.8) is 0 Å². The van der Waals surface area contributed by atoms with Crippen molar-refractivity contribution in [3.8, 4) is 0 Å². The SMILES string of the molecule is [Ce].[Mo].[S-2].[S-2].[S-2]. The molecule has 0 heterocycles. The summed E-state index contributed by atoms with van der Waals surface area (Å²) in [6.07, 6.45) is 0. The fourth-order valence-electron chi connectivity index (χ4n) is 0. The molecule has 0 nitrogen and oxygen atoms in total. The van der Waals surface area contributed by atoms with Crippen LogP contribution in [0, 0.1) is 41.7 Å². The topological polar surface area (TPSA) is 0 Å². The van der Waals surface area contributed by atoms with E-state index in [9.17, 15) is 0 Å². The normalized spacial score (nSPS) is 0. The van der Waals surface area contributed by atoms with Crippen LogP contribution in [0.3, 0.4) is 0 Å². The van der Waals surface area contributed by atoms with E-state index in [4.69, 9.17) is 0 Å². The van der Waals surface area contributed by atoms with Gasteiger partial charge in [-0.05, 0) is 0 Å². The van der Waals surface area contributed by atoms with E-state index in [0.29, 0.717) is 0 Å². The Hall–Kier alpha value is 3.11. The fourth-order valence-corrected chi connectivity index (χ4v) is 0. The first-order valence-corrected chi connectivity index (χ1v) is 0. The molecule has 0 saturated heterocycles. The van der Waals surface area contributed by atoms with E-state index < -0.39 is 0 Å². The maximum Gasteiger partial charge on any atom is 0 e. The van der Waals surface area contributed by atoms with E-state index in [1.54, 1.807) is 0 Å². The summed E-state index contributed by atoms with van der Waals surface area (Å²) in [4.78, 5) is 0. The average Bonchev–Trinajstić information content (AvgIpc) is 0. The standard InChI is InChI=1S/Ce.Mo.3S/q;;3*-2. The van der Waals surface area contributed by atoms with E-state index in [1.807, 2.05) is 0 Å². The predicted molar refractivity (Wildman–Crippen MR) is 22.1 cm³/mol. The van der Waals surface area contributed by atoms with Gasteiger partial charge in [-0.1, -0.05) is 0 Å². The third kappa shape index (κ3) is 19.2. The second-order valence-corrected chi connectivity index (χ2v) is 0. The van der Waals surface area contributed by atoms with Crippen molar-refractivity contribution >= 4 is 40.5 Å². The van der Waals surface area contributed by atoms with Crippen molar-refractivity contribution in [1.29, 1.82) is 0 Å². The third-order valence-corrected chi connectivity index (χ3v) is 0. The molecule has 0 saturated carbocycles. The van der Waals surface area contributed by atoms with Crippen LogP contribution in [0.2, 0.25) is 0 Å². The van der Waals surface area contributed by atoms with Crippen LogP contribution in [0.1, 0.15) is 0 Å². The van der Waals surface area contributed by atoms with Crippen molar-refractivity contribution in [1.82, 2.24) is 0 Å². The Morgan fingerprint density at radius 1 is 0.600 bits per heavy atom. The molecule has 0 spiro atoms. The smallest absolute Gasteiger partial charge is 0 e. The summed E-state index contributed by atoms with van der Waals surface area (Å²) in [5.41, 5.74) is 0. The Morgan fingerprint density at radius 3 is 0.600 bits per heavy atom. The van der Waals surface area contributed by atoms with Crippen LogP contribution in [0.5, 0.6) is 0 Å². The van der Waals surface area contributed by atoms with E-state index in [-0.39, 0.29) is 103 Å². The van der Waals surface area contributed by atoms with Gasteiger partial charge in [0.2, 0.25) is 0 Å². The fraction of sp³-hybridized carbons (Fsp3) is 0. The van der Waals surface area contributed by atoms with Gasteiger partial charge in [0.05, 0.1) is 0 Å². The summed E-state index contributed by atoms with van der Waals surface area (Å²) in [5.74, 6) is 0. The van der Waals surface area contributed by atoms with Gasteiger partial charge in [-0.2, -0.15) is 0 Å². The third-order valence-electron chi connectivity index (χ3n) is 0. The van der Waals surface area contributed by atoms with Crippen LogP contribution in [0.25, 0.3) is 0 Å². The summed E-state index contributed by atoms with van der Waals surface area (Å²) in [6.45, 7) is 0. The summed E-state index contributed by atoms with van der Waals surface area (Å²) in [7, 11) is 0. The Kier molecular flexibility index (Phi) is 232. The van der Waals surface area contributed by atoms with Gasteiger partial charge in [0.1, 0.15) is 0 Å². The molecule has 5 heavy (non-hydrogen) atoms. The Bertz CT molecular complexity index is 6.85. The van der Waals surface area contributed by atoms with Crippen LogP contribution in [0.15, 0.2) is 0 Å². The van der Waals surface area contributed by atoms with E-state index in [0.717, 1.165) is 0 Å². The summed E-state index contributed by atoms with van der Waals surface area (Å²) >= 11 is 0. The second-order valence-electron chi connectivity index (χ2n) is 0. The largest absolute Gasteiger partial charge is 2.00 e. The summed E-state index contributed by atoms with van der Waals surface area (Å²) < 4.78 is 0. The molecular formula is CeMoS3-6. The maximum absolute atomic E-state index is 0. The zero-order valence-electron chi connectivity index (χ0n) is 2.13. The molecule has 0 aliphatic carbocycles. The van der Waals surface area contributed by atoms with Crippen LogP contribution in [0.4, 0.5) is 0 Å². The molecular weight excluding hydrogens is 332 g/mol. The molecule has 0 aliphatic heterocycles. The molecule has 0 amide bonds. The molecule has 0 unspecified atom stereocenters. The van der Waals surface area contributed by atoms with E-state index in [2.05, 4.69) is 0 Å². The molecule has 0 aliphatic rings. The predicted octanol–water partition coefficient (Wildman–Crippen LogP) is -0.00970. The van der Waals surface area contributed by atoms with Crippen molar-refractivity contribution in [3.05, 3.63) is 0 Å². The molecule has 0 atom stereocenters. The van der Waals surface area contributed by atoms with Gasteiger partial charge in [-0.25, -0.2) is 0 Å². The first kappa shape index (κ1) is 42.3. The molecule has 0 bridgehead atoms. The molecule has 0 fully saturated rings. The molecule has 0 aromatic rings. The maximum atomic E-state index is 0. The summed E-state index contributed by atoms with van der Waals surface area (Å²) in [6, 6.07) is 0. The van der Waals surface area contributed by atoms with Gasteiger partial charge in [0.15, 0.2) is 0 Å². The van der Waals surface area contributed by atoms with Crippen molar-refractivity contribution < 1.29 is 62.8 Å². The van der Waals surface area contributed by atoms with Crippen LogP contribution < -0.4 is 0 Å². The molecule has 0 N–H and O–H groups in total. The van der Waals surface area contributed by atoms with Crippen molar-refractivity contribution in [2.24, 2.45) is 0 Å². The number of rotatable bonds is 0. The number of hydrogen-bond acceptors (Lipinski definition) is 0. The van der Waals surface area contributed by atoms with Crippen LogP contribution in [-0.2, 0) is 61.6 Å². The molecule has 5 heteroatoms. The minimum Gasteiger partial charge on any atom is -2.00 e. The zero-order chi connectivity index (χ0) is 0. The number of hydrogen-bond donors (Lipinski definition) is 0. The van der Waals surface area contributed by atoms with E-state index in [1.165, 1.54) is 0 Å². The quantitative estimate of drug-likeness (QED) is 0.548. The van der Waals surface area contributed by atoms with E-state index >= 15 is 0 Å². The monoisotopic (exact) mass is 334 g/mol. The van der Waals surface area contributed by atoms with Gasteiger partial charge in [-0.15, -0.1) is 0 Å². The first-order chi connectivity index (χ1) is 0. The van der Waals surface area contributed by atoms with Gasteiger partial charge in [0.25, 0.3) is 0 Å². The van der Waals surface area contributed by atoms with Gasteiger partial charge in [0, 0.05) is 62.8 Å². The first-order valence-electron chi connectivity index (χ1n) is 0. The molecule has 0 aromatic heterocycles. The second kappa shape index (κ2) is 27.4. The van der Waals surface area contributed by atoms with Gasteiger partial charge >= 0.3 is 0 Å². The van der Waals surface area contributed by atoms with Gasteiger partial charge in [-0.3, -0.25) is 0 Å².